The van der Waals surface area contributed by atoms with Crippen molar-refractivity contribution in [3.8, 4) is 0 Å². The van der Waals surface area contributed by atoms with Gasteiger partial charge in [0.2, 0.25) is 0 Å². The Balaban J connectivity index is 1.90. The SMILES string of the molecule is CC1(C)OC(=O)C(=CNc2cccc3c2C(=O)N(CC(=O)O)C3=O)C(=O)O1. The Morgan fingerprint density at radius 1 is 1.15 bits per heavy atom. The number of aliphatic carboxylic acids is 1. The van der Waals surface area contributed by atoms with E-state index in [0.717, 1.165) is 6.20 Å². The summed E-state index contributed by atoms with van der Waals surface area (Å²) in [7, 11) is 0. The van der Waals surface area contributed by atoms with E-state index in [2.05, 4.69) is 5.32 Å². The highest BCUT2D eigenvalue weighted by Gasteiger charge is 2.40. The lowest BCUT2D eigenvalue weighted by Crippen LogP contribution is -2.42. The van der Waals surface area contributed by atoms with Gasteiger partial charge in [0, 0.05) is 20.0 Å². The second kappa shape index (κ2) is 6.24. The van der Waals surface area contributed by atoms with Crippen LogP contribution in [-0.4, -0.2) is 52.1 Å². The summed E-state index contributed by atoms with van der Waals surface area (Å²) in [5, 5.41) is 11.5. The van der Waals surface area contributed by atoms with Crippen LogP contribution >= 0.6 is 0 Å². The molecule has 2 heterocycles. The smallest absolute Gasteiger partial charge is 0.350 e. The van der Waals surface area contributed by atoms with Gasteiger partial charge in [0.25, 0.3) is 17.6 Å². The lowest BCUT2D eigenvalue weighted by molar-refractivity contribution is -0.222. The summed E-state index contributed by atoms with van der Waals surface area (Å²) in [6, 6.07) is 4.28. The van der Waals surface area contributed by atoms with E-state index in [9.17, 15) is 24.0 Å². The number of amides is 2. The van der Waals surface area contributed by atoms with E-state index >= 15 is 0 Å². The number of esters is 2. The average Bonchev–Trinajstić information content (AvgIpc) is 2.78. The Labute approximate surface area is 152 Å². The van der Waals surface area contributed by atoms with Gasteiger partial charge in [-0.25, -0.2) is 9.59 Å². The summed E-state index contributed by atoms with van der Waals surface area (Å²) >= 11 is 0. The van der Waals surface area contributed by atoms with Crippen molar-refractivity contribution in [2.45, 2.75) is 19.6 Å². The van der Waals surface area contributed by atoms with E-state index in [1.54, 1.807) is 0 Å². The van der Waals surface area contributed by atoms with E-state index in [-0.39, 0.29) is 16.8 Å². The molecule has 0 aliphatic carbocycles. The molecule has 2 amide bonds. The topological polar surface area (TPSA) is 139 Å². The number of cyclic esters (lactones) is 2. The Kier molecular flexibility index (Phi) is 4.18. The normalized spacial score (nSPS) is 18.0. The van der Waals surface area contributed by atoms with Crippen LogP contribution in [0.3, 0.4) is 0 Å². The van der Waals surface area contributed by atoms with Crippen LogP contribution in [0.5, 0.6) is 0 Å². The zero-order chi connectivity index (χ0) is 19.9. The third-order valence-corrected chi connectivity index (χ3v) is 3.78. The van der Waals surface area contributed by atoms with Gasteiger partial charge < -0.3 is 19.9 Å². The first-order valence-corrected chi connectivity index (χ1v) is 7.75. The third-order valence-electron chi connectivity index (χ3n) is 3.78. The lowest BCUT2D eigenvalue weighted by Gasteiger charge is -2.29. The number of nitrogens with one attached hydrogen (secondary N) is 1. The fourth-order valence-corrected chi connectivity index (χ4v) is 2.66. The number of ether oxygens (including phenoxy) is 2. The van der Waals surface area contributed by atoms with Crippen molar-refractivity contribution < 1.29 is 38.6 Å². The maximum atomic E-state index is 12.4. The first kappa shape index (κ1) is 18.1. The summed E-state index contributed by atoms with van der Waals surface area (Å²) in [6.45, 7) is 2.03. The maximum absolute atomic E-state index is 12.4. The molecule has 10 heteroatoms. The molecule has 0 aromatic heterocycles. The molecule has 2 N–H and O–H groups in total. The van der Waals surface area contributed by atoms with Crippen LogP contribution in [0.4, 0.5) is 5.69 Å². The average molecular weight is 374 g/mol. The summed E-state index contributed by atoms with van der Waals surface area (Å²) < 4.78 is 9.90. The molecule has 0 unspecified atom stereocenters. The molecule has 2 aliphatic rings. The minimum atomic E-state index is -1.39. The van der Waals surface area contributed by atoms with Crippen molar-refractivity contribution in [1.29, 1.82) is 0 Å². The Morgan fingerprint density at radius 2 is 1.78 bits per heavy atom. The largest absolute Gasteiger partial charge is 0.480 e. The van der Waals surface area contributed by atoms with Crippen LogP contribution in [-0.2, 0) is 23.9 Å². The van der Waals surface area contributed by atoms with Gasteiger partial charge in [-0.15, -0.1) is 0 Å². The maximum Gasteiger partial charge on any atom is 0.350 e. The van der Waals surface area contributed by atoms with Gasteiger partial charge in [-0.2, -0.15) is 0 Å². The monoisotopic (exact) mass is 374 g/mol. The number of anilines is 1. The Bertz CT molecular complexity index is 909. The number of fused-ring (bicyclic) bond motifs is 1. The molecule has 0 saturated carbocycles. The molecule has 0 bridgehead atoms. The fourth-order valence-electron chi connectivity index (χ4n) is 2.66. The molecule has 2 aliphatic heterocycles. The molecule has 140 valence electrons. The molecular weight excluding hydrogens is 360 g/mol. The molecule has 10 nitrogen and oxygen atoms in total. The number of carboxylic acids is 1. The van der Waals surface area contributed by atoms with Crippen molar-refractivity contribution in [2.24, 2.45) is 0 Å². The van der Waals surface area contributed by atoms with E-state index in [4.69, 9.17) is 14.6 Å². The quantitative estimate of drug-likeness (QED) is 0.334. The van der Waals surface area contributed by atoms with Gasteiger partial charge in [-0.3, -0.25) is 19.3 Å². The predicted octanol–water partition coefficient (Wildman–Crippen LogP) is 0.499. The van der Waals surface area contributed by atoms with Crippen molar-refractivity contribution in [3.05, 3.63) is 41.1 Å². The highest BCUT2D eigenvalue weighted by molar-refractivity contribution is 6.24. The van der Waals surface area contributed by atoms with Gasteiger partial charge >= 0.3 is 17.9 Å². The standard InChI is InChI=1S/C17H14N2O8/c1-17(2)26-15(24)9(16(25)27-17)6-18-10-5-3-4-8-12(10)14(23)19(13(8)22)7-11(20)21/h3-6,18H,7H2,1-2H3,(H,20,21). The molecule has 0 radical (unpaired) electrons. The fraction of sp³-hybridized carbons (Fsp3) is 0.235. The van der Waals surface area contributed by atoms with Crippen LogP contribution in [0.15, 0.2) is 30.0 Å². The molecule has 1 fully saturated rings. The molecule has 1 saturated heterocycles. The van der Waals surface area contributed by atoms with Crippen molar-refractivity contribution in [3.63, 3.8) is 0 Å². The van der Waals surface area contributed by atoms with Crippen LogP contribution in [0.2, 0.25) is 0 Å². The van der Waals surface area contributed by atoms with Gasteiger partial charge in [-0.05, 0) is 12.1 Å². The van der Waals surface area contributed by atoms with Crippen LogP contribution in [0.25, 0.3) is 0 Å². The summed E-state index contributed by atoms with van der Waals surface area (Å²) in [6.07, 6.45) is 1.01. The molecule has 0 atom stereocenters. The lowest BCUT2D eigenvalue weighted by atomic mass is 10.1. The number of carboxylic acid groups (broad SMARTS) is 1. The van der Waals surface area contributed by atoms with E-state index in [1.807, 2.05) is 0 Å². The van der Waals surface area contributed by atoms with Crippen LogP contribution < -0.4 is 5.32 Å². The number of imide groups is 1. The van der Waals surface area contributed by atoms with Gasteiger partial charge in [0.15, 0.2) is 5.57 Å². The summed E-state index contributed by atoms with van der Waals surface area (Å²) in [5.74, 6) is -6.09. The number of nitrogens with zero attached hydrogens (tertiary/aromatic N) is 1. The highest BCUT2D eigenvalue weighted by atomic mass is 16.7. The Hall–Kier alpha value is -3.69. The minimum Gasteiger partial charge on any atom is -0.480 e. The number of hydrogen-bond donors (Lipinski definition) is 2. The van der Waals surface area contributed by atoms with Crippen LogP contribution in [0, 0.1) is 0 Å². The number of benzene rings is 1. The highest BCUT2D eigenvalue weighted by Crippen LogP contribution is 2.30. The zero-order valence-electron chi connectivity index (χ0n) is 14.3. The van der Waals surface area contributed by atoms with Crippen molar-refractivity contribution in [2.75, 3.05) is 11.9 Å². The van der Waals surface area contributed by atoms with Gasteiger partial charge in [0.1, 0.15) is 6.54 Å². The first-order valence-electron chi connectivity index (χ1n) is 7.75. The number of carbonyl (C=O) groups excluding carboxylic acids is 4. The van der Waals surface area contributed by atoms with Gasteiger partial charge in [-0.1, -0.05) is 6.07 Å². The second-order valence-corrected chi connectivity index (χ2v) is 6.20. The van der Waals surface area contributed by atoms with E-state index < -0.39 is 47.6 Å². The molecule has 0 spiro atoms. The molecular formula is C17H14N2O8. The number of rotatable bonds is 4. The van der Waals surface area contributed by atoms with Crippen LogP contribution in [0.1, 0.15) is 34.6 Å². The Morgan fingerprint density at radius 3 is 2.37 bits per heavy atom. The second-order valence-electron chi connectivity index (χ2n) is 6.20. The van der Waals surface area contributed by atoms with E-state index in [1.165, 1.54) is 32.0 Å². The number of hydrogen-bond acceptors (Lipinski definition) is 8. The first-order chi connectivity index (χ1) is 12.6. The zero-order valence-corrected chi connectivity index (χ0v) is 14.3. The predicted molar refractivity (Wildman–Crippen MR) is 87.4 cm³/mol. The third kappa shape index (κ3) is 3.24. The summed E-state index contributed by atoms with van der Waals surface area (Å²) in [4.78, 5) is 60.0. The molecule has 3 rings (SSSR count). The minimum absolute atomic E-state index is 0.0135. The summed E-state index contributed by atoms with van der Waals surface area (Å²) in [5.41, 5.74) is -0.346. The molecule has 1 aromatic carbocycles. The number of carbonyl (C=O) groups is 5. The van der Waals surface area contributed by atoms with E-state index in [0.29, 0.717) is 4.90 Å². The molecule has 27 heavy (non-hydrogen) atoms. The van der Waals surface area contributed by atoms with Crippen molar-refractivity contribution >= 4 is 35.4 Å². The molecule has 1 aromatic rings. The van der Waals surface area contributed by atoms with Gasteiger partial charge in [0.05, 0.1) is 16.8 Å². The van der Waals surface area contributed by atoms with Crippen molar-refractivity contribution in [1.82, 2.24) is 4.90 Å².